The van der Waals surface area contributed by atoms with Crippen LogP contribution in [0.1, 0.15) is 0 Å². The monoisotopic (exact) mass is 251 g/mol. The zero-order valence-electron chi connectivity index (χ0n) is 5.72. The molecular formula is C6H3BBrClFO2. The molecule has 0 aliphatic rings. The third kappa shape index (κ3) is 2.12. The van der Waals surface area contributed by atoms with Gasteiger partial charge in [-0.25, -0.2) is 4.39 Å². The van der Waals surface area contributed by atoms with Gasteiger partial charge in [0.15, 0.2) is 5.82 Å². The number of hydrogen-bond acceptors (Lipinski definition) is 2. The largest absolute Gasteiger partial charge is 0.569 e. The van der Waals surface area contributed by atoms with E-state index < -0.39 is 5.82 Å². The fraction of sp³-hybridized carbons (Fsp3) is 0. The molecule has 0 saturated carbocycles. The number of benzene rings is 1. The Balaban J connectivity index is 3.09. The van der Waals surface area contributed by atoms with Crippen LogP contribution in [0.2, 0.25) is 5.02 Å². The molecule has 0 spiro atoms. The highest BCUT2D eigenvalue weighted by Gasteiger charge is 2.09. The summed E-state index contributed by atoms with van der Waals surface area (Å²) in [7, 11) is 0.390. The highest BCUT2D eigenvalue weighted by Crippen LogP contribution is 2.28. The van der Waals surface area contributed by atoms with Crippen molar-refractivity contribution >= 4 is 35.2 Å². The summed E-state index contributed by atoms with van der Waals surface area (Å²) in [5.41, 5.74) is 0. The Bertz CT molecular complexity index is 297. The molecule has 0 fully saturated rings. The molecule has 6 heteroatoms. The SMILES string of the molecule is O[B]Oc1cc(Br)cc(Cl)c1F. The Morgan fingerprint density at radius 2 is 2.25 bits per heavy atom. The van der Waals surface area contributed by atoms with E-state index in [2.05, 4.69) is 20.6 Å². The van der Waals surface area contributed by atoms with Crippen molar-refractivity contribution in [3.63, 3.8) is 0 Å². The van der Waals surface area contributed by atoms with Crippen molar-refractivity contribution in [1.82, 2.24) is 0 Å². The Morgan fingerprint density at radius 1 is 1.58 bits per heavy atom. The van der Waals surface area contributed by atoms with Gasteiger partial charge in [-0.1, -0.05) is 27.5 Å². The van der Waals surface area contributed by atoms with Crippen molar-refractivity contribution in [1.29, 1.82) is 0 Å². The summed E-state index contributed by atoms with van der Waals surface area (Å²) >= 11 is 8.56. The fourth-order valence-corrected chi connectivity index (χ4v) is 1.45. The number of hydrogen-bond donors (Lipinski definition) is 1. The molecule has 0 amide bonds. The van der Waals surface area contributed by atoms with Gasteiger partial charge in [-0.2, -0.15) is 0 Å². The Morgan fingerprint density at radius 3 is 2.83 bits per heavy atom. The molecule has 0 atom stereocenters. The summed E-state index contributed by atoms with van der Waals surface area (Å²) in [5.74, 6) is -0.831. The van der Waals surface area contributed by atoms with E-state index in [4.69, 9.17) is 16.6 Å². The van der Waals surface area contributed by atoms with Crippen molar-refractivity contribution in [3.05, 3.63) is 27.4 Å². The quantitative estimate of drug-likeness (QED) is 0.645. The highest BCUT2D eigenvalue weighted by atomic mass is 79.9. The van der Waals surface area contributed by atoms with Gasteiger partial charge in [0.05, 0.1) is 5.02 Å². The lowest BCUT2D eigenvalue weighted by Crippen LogP contribution is -2.01. The smallest absolute Gasteiger partial charge is 0.535 e. The van der Waals surface area contributed by atoms with Crippen molar-refractivity contribution in [2.24, 2.45) is 0 Å². The van der Waals surface area contributed by atoms with E-state index in [1.165, 1.54) is 12.1 Å². The second kappa shape index (κ2) is 4.12. The average molecular weight is 252 g/mol. The van der Waals surface area contributed by atoms with Crippen LogP contribution in [-0.2, 0) is 0 Å². The molecule has 0 aliphatic heterocycles. The van der Waals surface area contributed by atoms with E-state index in [0.717, 1.165) is 0 Å². The summed E-state index contributed by atoms with van der Waals surface area (Å²) < 4.78 is 18.0. The molecule has 0 aliphatic carbocycles. The lowest BCUT2D eigenvalue weighted by Gasteiger charge is -2.04. The lowest BCUT2D eigenvalue weighted by molar-refractivity contribution is 0.431. The predicted molar refractivity (Wildman–Crippen MR) is 47.7 cm³/mol. The molecule has 0 heterocycles. The Hall–Kier alpha value is -0.255. The summed E-state index contributed by atoms with van der Waals surface area (Å²) in [6, 6.07) is 2.75. The maximum absolute atomic E-state index is 13.0. The lowest BCUT2D eigenvalue weighted by atomic mass is 10.3. The van der Waals surface area contributed by atoms with Crippen molar-refractivity contribution in [2.45, 2.75) is 0 Å². The minimum absolute atomic E-state index is 0.0683. The minimum Gasteiger partial charge on any atom is -0.535 e. The molecule has 1 radical (unpaired) electrons. The first-order chi connectivity index (χ1) is 5.65. The molecule has 0 bridgehead atoms. The van der Waals surface area contributed by atoms with Crippen LogP contribution in [0.4, 0.5) is 4.39 Å². The molecule has 1 N–H and O–H groups in total. The van der Waals surface area contributed by atoms with E-state index in [-0.39, 0.29) is 10.8 Å². The molecule has 1 aromatic rings. The number of halogens is 3. The first-order valence-electron chi connectivity index (χ1n) is 2.92. The number of rotatable bonds is 2. The van der Waals surface area contributed by atoms with Crippen LogP contribution in [0.25, 0.3) is 0 Å². The fourth-order valence-electron chi connectivity index (χ4n) is 0.675. The van der Waals surface area contributed by atoms with Gasteiger partial charge in [0, 0.05) is 4.47 Å². The van der Waals surface area contributed by atoms with Crippen molar-refractivity contribution in [3.8, 4) is 5.75 Å². The van der Waals surface area contributed by atoms with Crippen LogP contribution in [0.3, 0.4) is 0 Å². The molecule has 0 unspecified atom stereocenters. The Kier molecular flexibility index (Phi) is 3.37. The van der Waals surface area contributed by atoms with Crippen LogP contribution in [0.5, 0.6) is 5.75 Å². The molecule has 63 valence electrons. The second-order valence-corrected chi connectivity index (χ2v) is 3.25. The first kappa shape index (κ1) is 9.83. The van der Waals surface area contributed by atoms with Crippen LogP contribution in [0.15, 0.2) is 16.6 Å². The van der Waals surface area contributed by atoms with Gasteiger partial charge in [0.1, 0.15) is 5.75 Å². The zero-order chi connectivity index (χ0) is 9.14. The first-order valence-corrected chi connectivity index (χ1v) is 4.09. The standard InChI is InChI=1S/C6H3BBrClFO2/c8-3-1-4(9)6(10)5(2-3)12-7-11/h1-2,11H. The molecule has 12 heavy (non-hydrogen) atoms. The molecule has 0 saturated heterocycles. The van der Waals surface area contributed by atoms with E-state index in [1.54, 1.807) is 0 Å². The molecule has 1 aromatic carbocycles. The highest BCUT2D eigenvalue weighted by molar-refractivity contribution is 9.10. The van der Waals surface area contributed by atoms with Crippen molar-refractivity contribution < 1.29 is 14.1 Å². The van der Waals surface area contributed by atoms with E-state index in [0.29, 0.717) is 12.2 Å². The normalized spacial score (nSPS) is 9.67. The minimum atomic E-state index is -0.704. The van der Waals surface area contributed by atoms with Crippen LogP contribution in [-0.4, -0.2) is 12.7 Å². The van der Waals surface area contributed by atoms with Gasteiger partial charge in [0.25, 0.3) is 0 Å². The van der Waals surface area contributed by atoms with Crippen molar-refractivity contribution in [2.75, 3.05) is 0 Å². The van der Waals surface area contributed by atoms with E-state index in [9.17, 15) is 4.39 Å². The third-order valence-corrected chi connectivity index (χ3v) is 1.87. The van der Waals surface area contributed by atoms with Gasteiger partial charge in [-0.15, -0.1) is 0 Å². The predicted octanol–water partition coefficient (Wildman–Crippen LogP) is 2.15. The van der Waals surface area contributed by atoms with Crippen LogP contribution >= 0.6 is 27.5 Å². The maximum atomic E-state index is 13.0. The van der Waals surface area contributed by atoms with Gasteiger partial charge in [-0.05, 0) is 12.1 Å². The summed E-state index contributed by atoms with van der Waals surface area (Å²) in [6.07, 6.45) is 0. The summed E-state index contributed by atoms with van der Waals surface area (Å²) in [6.45, 7) is 0. The molecule has 0 aromatic heterocycles. The van der Waals surface area contributed by atoms with Gasteiger partial charge in [0.2, 0.25) is 0 Å². The molecule has 1 rings (SSSR count). The third-order valence-electron chi connectivity index (χ3n) is 1.14. The molecular weight excluding hydrogens is 249 g/mol. The maximum Gasteiger partial charge on any atom is 0.569 e. The Labute approximate surface area is 82.7 Å². The average Bonchev–Trinajstić information content (AvgIpc) is 2.00. The van der Waals surface area contributed by atoms with Gasteiger partial charge >= 0.3 is 7.69 Å². The summed E-state index contributed by atoms with van der Waals surface area (Å²) in [4.78, 5) is 0. The zero-order valence-corrected chi connectivity index (χ0v) is 8.06. The van der Waals surface area contributed by atoms with Gasteiger partial charge < -0.3 is 9.68 Å². The van der Waals surface area contributed by atoms with Crippen LogP contribution < -0.4 is 4.65 Å². The van der Waals surface area contributed by atoms with E-state index >= 15 is 0 Å². The van der Waals surface area contributed by atoms with Gasteiger partial charge in [-0.3, -0.25) is 0 Å². The van der Waals surface area contributed by atoms with Crippen LogP contribution in [0, 0.1) is 5.82 Å². The summed E-state index contributed by atoms with van der Waals surface area (Å²) in [5, 5.41) is 8.19. The second-order valence-electron chi connectivity index (χ2n) is 1.92. The topological polar surface area (TPSA) is 29.5 Å². The molecule has 2 nitrogen and oxygen atoms in total. The van der Waals surface area contributed by atoms with E-state index in [1.807, 2.05) is 0 Å².